The Hall–Kier alpha value is 0.330. The van der Waals surface area contributed by atoms with Crippen LogP contribution in [0, 0.1) is 0 Å². The van der Waals surface area contributed by atoms with Gasteiger partial charge in [-0.15, -0.1) is 11.8 Å². The monoisotopic (exact) mass is 178 g/mol. The second kappa shape index (κ2) is 4.26. The lowest BCUT2D eigenvalue weighted by Crippen LogP contribution is -2.10. The van der Waals surface area contributed by atoms with Crippen molar-refractivity contribution in [1.82, 2.24) is 0 Å². The van der Waals surface area contributed by atoms with Gasteiger partial charge in [-0.25, -0.2) is 0 Å². The summed E-state index contributed by atoms with van der Waals surface area (Å²) in [7, 11) is 0. The van der Waals surface area contributed by atoms with E-state index in [1.165, 1.54) is 0 Å². The van der Waals surface area contributed by atoms with Crippen LogP contribution in [0.3, 0.4) is 0 Å². The van der Waals surface area contributed by atoms with E-state index >= 15 is 0 Å². The number of hydrogen-bond acceptors (Lipinski definition) is 4. The first-order valence-corrected chi connectivity index (χ1v) is 5.35. The Balaban J connectivity index is 2.33. The van der Waals surface area contributed by atoms with Crippen LogP contribution in [0.4, 0.5) is 0 Å². The fourth-order valence-electron chi connectivity index (χ4n) is 0.710. The molecular formula is C6H10O2S2. The molecule has 1 atom stereocenters. The zero-order valence-electron chi connectivity index (χ0n) is 5.58. The lowest BCUT2D eigenvalue weighted by molar-refractivity contribution is -0.114. The number of Topliss-reactive ketones (excluding diaryl/α,β-unsaturated/α-hetero) is 1. The average molecular weight is 178 g/mol. The fraction of sp³-hybridized carbons (Fsp3) is 0.833. The highest BCUT2D eigenvalue weighted by Gasteiger charge is 2.15. The average Bonchev–Trinajstić information content (AvgIpc) is 2.14. The zero-order valence-corrected chi connectivity index (χ0v) is 7.21. The molecule has 0 spiro atoms. The van der Waals surface area contributed by atoms with Gasteiger partial charge in [0, 0.05) is 11.0 Å². The summed E-state index contributed by atoms with van der Waals surface area (Å²) in [6, 6.07) is 0. The van der Waals surface area contributed by atoms with Crippen molar-refractivity contribution >= 4 is 29.3 Å². The van der Waals surface area contributed by atoms with Crippen molar-refractivity contribution < 1.29 is 9.90 Å². The number of rotatable bonds is 1. The number of carbonyl (C=O) groups is 1. The molecule has 1 heterocycles. The van der Waals surface area contributed by atoms with E-state index in [0.29, 0.717) is 17.3 Å². The maximum absolute atomic E-state index is 10.8. The normalized spacial score (nSPS) is 28.1. The number of aliphatic hydroxyl groups is 1. The summed E-state index contributed by atoms with van der Waals surface area (Å²) < 4.78 is 0. The van der Waals surface area contributed by atoms with Crippen molar-refractivity contribution in [2.24, 2.45) is 0 Å². The van der Waals surface area contributed by atoms with Crippen LogP contribution in [0.2, 0.25) is 0 Å². The molecule has 1 saturated heterocycles. The molecule has 0 aliphatic carbocycles. The molecule has 1 rings (SSSR count). The molecule has 1 N–H and O–H groups in total. The van der Waals surface area contributed by atoms with E-state index in [1.54, 1.807) is 23.5 Å². The SMILES string of the molecule is O=C1CSCC(CO)SC1. The van der Waals surface area contributed by atoms with Crippen LogP contribution in [0.1, 0.15) is 0 Å². The summed E-state index contributed by atoms with van der Waals surface area (Å²) in [5, 5.41) is 9.03. The van der Waals surface area contributed by atoms with E-state index in [9.17, 15) is 4.79 Å². The van der Waals surface area contributed by atoms with Crippen molar-refractivity contribution in [2.45, 2.75) is 5.25 Å². The van der Waals surface area contributed by atoms with Gasteiger partial charge >= 0.3 is 0 Å². The molecule has 4 heteroatoms. The molecular weight excluding hydrogens is 168 g/mol. The van der Waals surface area contributed by atoms with Crippen LogP contribution < -0.4 is 0 Å². The first kappa shape index (κ1) is 8.43. The Bertz CT molecular complexity index is 127. The first-order chi connectivity index (χ1) is 4.83. The third-order valence-electron chi connectivity index (χ3n) is 1.25. The van der Waals surface area contributed by atoms with Crippen molar-refractivity contribution in [1.29, 1.82) is 0 Å². The predicted molar refractivity (Wildman–Crippen MR) is 45.7 cm³/mol. The third-order valence-corrected chi connectivity index (χ3v) is 3.90. The van der Waals surface area contributed by atoms with E-state index in [4.69, 9.17) is 5.11 Å². The van der Waals surface area contributed by atoms with Gasteiger partial charge in [0.1, 0.15) is 0 Å². The molecule has 58 valence electrons. The summed E-state index contributed by atoms with van der Waals surface area (Å²) in [5.41, 5.74) is 0. The van der Waals surface area contributed by atoms with Gasteiger partial charge in [0.15, 0.2) is 5.78 Å². The zero-order chi connectivity index (χ0) is 7.40. The molecule has 1 fully saturated rings. The van der Waals surface area contributed by atoms with Crippen LogP contribution in [-0.2, 0) is 4.79 Å². The van der Waals surface area contributed by atoms with Crippen LogP contribution in [0.25, 0.3) is 0 Å². The quantitative estimate of drug-likeness (QED) is 0.630. The highest BCUT2D eigenvalue weighted by atomic mass is 32.2. The minimum atomic E-state index is 0.199. The highest BCUT2D eigenvalue weighted by molar-refractivity contribution is 8.05. The largest absolute Gasteiger partial charge is 0.395 e. The summed E-state index contributed by atoms with van der Waals surface area (Å²) in [6.45, 7) is 0.199. The first-order valence-electron chi connectivity index (χ1n) is 3.15. The van der Waals surface area contributed by atoms with E-state index in [0.717, 1.165) is 5.75 Å². The van der Waals surface area contributed by atoms with Crippen LogP contribution in [0.15, 0.2) is 0 Å². The van der Waals surface area contributed by atoms with Gasteiger partial charge in [-0.05, 0) is 0 Å². The van der Waals surface area contributed by atoms with Crippen molar-refractivity contribution in [3.63, 3.8) is 0 Å². The molecule has 0 aromatic heterocycles. The van der Waals surface area contributed by atoms with Crippen LogP contribution >= 0.6 is 23.5 Å². The molecule has 1 aliphatic heterocycles. The minimum absolute atomic E-state index is 0.199. The lowest BCUT2D eigenvalue weighted by Gasteiger charge is -2.06. The van der Waals surface area contributed by atoms with Gasteiger partial charge in [0.25, 0.3) is 0 Å². The van der Waals surface area contributed by atoms with Crippen molar-refractivity contribution in [2.75, 3.05) is 23.9 Å². The molecule has 0 amide bonds. The van der Waals surface area contributed by atoms with E-state index in [-0.39, 0.29) is 11.9 Å². The summed E-state index contributed by atoms with van der Waals surface area (Å²) in [5.74, 6) is 2.42. The van der Waals surface area contributed by atoms with Gasteiger partial charge in [-0.1, -0.05) is 0 Å². The van der Waals surface area contributed by atoms with Gasteiger partial charge in [0.05, 0.1) is 18.1 Å². The molecule has 1 unspecified atom stereocenters. The maximum Gasteiger partial charge on any atom is 0.152 e. The second-order valence-electron chi connectivity index (χ2n) is 2.17. The highest BCUT2D eigenvalue weighted by Crippen LogP contribution is 2.20. The smallest absolute Gasteiger partial charge is 0.152 e. The van der Waals surface area contributed by atoms with Gasteiger partial charge in [-0.3, -0.25) is 4.79 Å². The summed E-state index contributed by atoms with van der Waals surface area (Å²) in [4.78, 5) is 10.8. The van der Waals surface area contributed by atoms with E-state index in [1.807, 2.05) is 0 Å². The van der Waals surface area contributed by atoms with Crippen LogP contribution in [-0.4, -0.2) is 40.0 Å². The molecule has 10 heavy (non-hydrogen) atoms. The molecule has 0 saturated carbocycles. The lowest BCUT2D eigenvalue weighted by atomic mass is 10.5. The predicted octanol–water partition coefficient (Wildman–Crippen LogP) is 0.396. The van der Waals surface area contributed by atoms with E-state index < -0.39 is 0 Å². The van der Waals surface area contributed by atoms with Crippen molar-refractivity contribution in [3.8, 4) is 0 Å². The molecule has 0 bridgehead atoms. The molecule has 2 nitrogen and oxygen atoms in total. The Kier molecular flexibility index (Phi) is 3.59. The number of thioether (sulfide) groups is 2. The third kappa shape index (κ3) is 2.52. The Morgan fingerprint density at radius 2 is 2.40 bits per heavy atom. The van der Waals surface area contributed by atoms with Crippen LogP contribution in [0.5, 0.6) is 0 Å². The topological polar surface area (TPSA) is 37.3 Å². The number of hydrogen-bond donors (Lipinski definition) is 1. The Labute approximate surface area is 68.8 Å². The minimum Gasteiger partial charge on any atom is -0.395 e. The van der Waals surface area contributed by atoms with Crippen molar-refractivity contribution in [3.05, 3.63) is 0 Å². The Morgan fingerprint density at radius 3 is 3.10 bits per heavy atom. The standard InChI is InChI=1S/C6H10O2S2/c7-1-6-4-9-2-5(8)3-10-6/h6-7H,1-4H2. The molecule has 1 aliphatic rings. The van der Waals surface area contributed by atoms with Gasteiger partial charge < -0.3 is 5.11 Å². The summed E-state index contributed by atoms with van der Waals surface area (Å²) in [6.07, 6.45) is 0. The molecule has 0 aromatic carbocycles. The second-order valence-corrected chi connectivity index (χ2v) is 4.49. The number of carbonyl (C=O) groups excluding carboxylic acids is 1. The molecule has 0 radical (unpaired) electrons. The summed E-state index contributed by atoms with van der Waals surface area (Å²) >= 11 is 3.20. The van der Waals surface area contributed by atoms with Gasteiger partial charge in [-0.2, -0.15) is 11.8 Å². The molecule has 0 aromatic rings. The number of ketones is 1. The Morgan fingerprint density at radius 1 is 1.60 bits per heavy atom. The van der Waals surface area contributed by atoms with Gasteiger partial charge in [0.2, 0.25) is 0 Å². The number of aliphatic hydroxyl groups excluding tert-OH is 1. The fourth-order valence-corrected chi connectivity index (χ4v) is 2.96. The maximum atomic E-state index is 10.8. The van der Waals surface area contributed by atoms with E-state index in [2.05, 4.69) is 0 Å².